The van der Waals surface area contributed by atoms with Crippen molar-refractivity contribution in [2.45, 2.75) is 32.0 Å². The highest BCUT2D eigenvalue weighted by molar-refractivity contribution is 7.13. The number of hydrogen-bond acceptors (Lipinski definition) is 8. The number of carbonyl (C=O) groups is 1. The average Bonchev–Trinajstić information content (AvgIpc) is 3.34. The zero-order valence-electron chi connectivity index (χ0n) is 17.2. The Balaban J connectivity index is 1.73. The van der Waals surface area contributed by atoms with Gasteiger partial charge in [-0.1, -0.05) is 0 Å². The summed E-state index contributed by atoms with van der Waals surface area (Å²) in [6, 6.07) is 1.52. The Labute approximate surface area is 185 Å². The number of rotatable bonds is 4. The molecule has 3 saturated heterocycles. The van der Waals surface area contributed by atoms with E-state index in [1.165, 1.54) is 11.3 Å². The summed E-state index contributed by atoms with van der Waals surface area (Å²) < 4.78 is 53.4. The van der Waals surface area contributed by atoms with Crippen molar-refractivity contribution in [3.8, 4) is 10.6 Å². The number of anilines is 1. The van der Waals surface area contributed by atoms with Crippen LogP contribution in [0.4, 0.5) is 19.2 Å². The van der Waals surface area contributed by atoms with Crippen molar-refractivity contribution in [2.75, 3.05) is 31.1 Å². The molecule has 3 fully saturated rings. The number of nitrogens with zero attached hydrogens (tertiary/aromatic N) is 3. The first kappa shape index (κ1) is 21.2. The molecule has 0 aliphatic carbocycles. The first-order valence-corrected chi connectivity index (χ1v) is 11.3. The van der Waals surface area contributed by atoms with Crippen LogP contribution in [-0.4, -0.2) is 48.2 Å². The van der Waals surface area contributed by atoms with Crippen molar-refractivity contribution in [3.05, 3.63) is 28.8 Å². The van der Waals surface area contributed by atoms with Crippen LogP contribution in [0.2, 0.25) is 0 Å². The highest BCUT2D eigenvalue weighted by atomic mass is 32.1. The molecule has 2 unspecified atom stereocenters. The second kappa shape index (κ2) is 8.04. The van der Waals surface area contributed by atoms with Gasteiger partial charge in [-0.05, 0) is 38.3 Å². The molecule has 170 valence electrons. The van der Waals surface area contributed by atoms with Crippen LogP contribution < -0.4 is 10.2 Å². The minimum absolute atomic E-state index is 0.0279. The average molecular weight is 466 g/mol. The third-order valence-corrected chi connectivity index (χ3v) is 6.71. The minimum Gasteiger partial charge on any atom is -0.462 e. The first-order chi connectivity index (χ1) is 15.3. The Kier molecular flexibility index (Phi) is 5.32. The van der Waals surface area contributed by atoms with Crippen molar-refractivity contribution in [1.29, 1.82) is 0 Å². The standard InChI is InChI=1S/C21H21F3N4O3S/c1-2-30-19(29)13-7-14(18-25-5-6-32-18)17-16(15(13)21(22,23)24)27-20(31-17)28-9-11-3-4-12(10-28)26-8-11/h5-7,11-12,26H,2-4,8-10H2,1H3. The van der Waals surface area contributed by atoms with Crippen molar-refractivity contribution < 1.29 is 27.1 Å². The number of aromatic nitrogens is 2. The number of thiazole rings is 1. The number of hydrogen-bond donors (Lipinski definition) is 1. The van der Waals surface area contributed by atoms with Crippen LogP contribution in [0.3, 0.4) is 0 Å². The highest BCUT2D eigenvalue weighted by Crippen LogP contribution is 2.43. The van der Waals surface area contributed by atoms with Gasteiger partial charge in [-0.2, -0.15) is 18.2 Å². The molecule has 7 nitrogen and oxygen atoms in total. The fourth-order valence-electron chi connectivity index (χ4n) is 4.47. The van der Waals surface area contributed by atoms with Crippen LogP contribution in [0.5, 0.6) is 0 Å². The van der Waals surface area contributed by atoms with Gasteiger partial charge in [0.25, 0.3) is 6.01 Å². The van der Waals surface area contributed by atoms with Gasteiger partial charge in [-0.25, -0.2) is 9.78 Å². The van der Waals surface area contributed by atoms with Gasteiger partial charge in [-0.15, -0.1) is 11.3 Å². The topological polar surface area (TPSA) is 80.5 Å². The van der Waals surface area contributed by atoms with E-state index in [0.29, 0.717) is 29.6 Å². The Morgan fingerprint density at radius 3 is 2.88 bits per heavy atom. The van der Waals surface area contributed by atoms with Crippen molar-refractivity contribution >= 4 is 34.4 Å². The molecule has 2 bridgehead atoms. The van der Waals surface area contributed by atoms with Crippen molar-refractivity contribution in [3.63, 3.8) is 0 Å². The summed E-state index contributed by atoms with van der Waals surface area (Å²) in [4.78, 5) is 22.9. The molecule has 32 heavy (non-hydrogen) atoms. The summed E-state index contributed by atoms with van der Waals surface area (Å²) >= 11 is 1.24. The van der Waals surface area contributed by atoms with E-state index >= 15 is 0 Å². The van der Waals surface area contributed by atoms with Crippen LogP contribution in [0.25, 0.3) is 21.7 Å². The molecule has 2 aromatic heterocycles. The summed E-state index contributed by atoms with van der Waals surface area (Å²) in [5.41, 5.74) is -1.86. The van der Waals surface area contributed by atoms with E-state index in [1.54, 1.807) is 18.5 Å². The third kappa shape index (κ3) is 3.73. The van der Waals surface area contributed by atoms with E-state index in [2.05, 4.69) is 15.3 Å². The van der Waals surface area contributed by atoms with E-state index in [9.17, 15) is 18.0 Å². The number of alkyl halides is 3. The number of fused-ring (bicyclic) bond motifs is 5. The number of piperidine rings is 1. The van der Waals surface area contributed by atoms with Crippen LogP contribution >= 0.6 is 11.3 Å². The van der Waals surface area contributed by atoms with E-state index in [-0.39, 0.29) is 24.2 Å². The molecule has 0 spiro atoms. The number of oxazole rings is 1. The Hall–Kier alpha value is -2.66. The summed E-state index contributed by atoms with van der Waals surface area (Å²) in [6.07, 6.45) is -1.22. The van der Waals surface area contributed by atoms with E-state index in [0.717, 1.165) is 25.5 Å². The fraction of sp³-hybridized carbons (Fsp3) is 0.476. The fourth-order valence-corrected chi connectivity index (χ4v) is 5.12. The van der Waals surface area contributed by atoms with Gasteiger partial charge < -0.3 is 19.4 Å². The third-order valence-electron chi connectivity index (χ3n) is 5.91. The number of esters is 1. The van der Waals surface area contributed by atoms with Gasteiger partial charge >= 0.3 is 12.1 Å². The molecule has 0 amide bonds. The summed E-state index contributed by atoms with van der Waals surface area (Å²) in [5, 5.41) is 5.61. The van der Waals surface area contributed by atoms with E-state index in [1.807, 2.05) is 4.90 Å². The quantitative estimate of drug-likeness (QED) is 0.573. The SMILES string of the molecule is CCOC(=O)c1cc(-c2nccs2)c2oc(N3CC4CCC(C3)NC4)nc2c1C(F)(F)F. The zero-order valence-corrected chi connectivity index (χ0v) is 18.1. The predicted molar refractivity (Wildman–Crippen MR) is 113 cm³/mol. The Morgan fingerprint density at radius 2 is 2.22 bits per heavy atom. The summed E-state index contributed by atoms with van der Waals surface area (Å²) in [6.45, 7) is 3.61. The van der Waals surface area contributed by atoms with Gasteiger partial charge in [0.15, 0.2) is 5.58 Å². The molecule has 5 heterocycles. The summed E-state index contributed by atoms with van der Waals surface area (Å²) in [7, 11) is 0. The molecule has 2 atom stereocenters. The molecule has 3 aliphatic rings. The molecule has 6 rings (SSSR count). The number of benzene rings is 1. The molecule has 3 aromatic rings. The van der Waals surface area contributed by atoms with Gasteiger partial charge in [-0.3, -0.25) is 0 Å². The smallest absolute Gasteiger partial charge is 0.419 e. The summed E-state index contributed by atoms with van der Waals surface area (Å²) in [5.74, 6) is -0.680. The molecule has 3 aliphatic heterocycles. The monoisotopic (exact) mass is 466 g/mol. The van der Waals surface area contributed by atoms with Gasteiger partial charge in [0.1, 0.15) is 10.5 Å². The lowest BCUT2D eigenvalue weighted by atomic mass is 9.97. The highest BCUT2D eigenvalue weighted by Gasteiger charge is 2.41. The maximum Gasteiger partial charge on any atom is 0.419 e. The number of nitrogens with one attached hydrogen (secondary N) is 1. The second-order valence-electron chi connectivity index (χ2n) is 8.03. The Bertz CT molecular complexity index is 1120. The largest absolute Gasteiger partial charge is 0.462 e. The van der Waals surface area contributed by atoms with Crippen LogP contribution in [-0.2, 0) is 10.9 Å². The predicted octanol–water partition coefficient (Wildman–Crippen LogP) is 4.34. The number of ether oxygens (including phenoxy) is 1. The van der Waals surface area contributed by atoms with Crippen molar-refractivity contribution in [1.82, 2.24) is 15.3 Å². The van der Waals surface area contributed by atoms with Gasteiger partial charge in [0, 0.05) is 30.7 Å². The lowest BCUT2D eigenvalue weighted by Gasteiger charge is -2.22. The maximum absolute atomic E-state index is 14.2. The van der Waals surface area contributed by atoms with Crippen LogP contribution in [0.1, 0.15) is 35.7 Å². The molecule has 0 saturated carbocycles. The minimum atomic E-state index is -4.82. The van der Waals surface area contributed by atoms with Crippen LogP contribution in [0.15, 0.2) is 22.1 Å². The molecule has 1 aromatic carbocycles. The zero-order chi connectivity index (χ0) is 22.5. The number of halogens is 3. The van der Waals surface area contributed by atoms with Gasteiger partial charge in [0.2, 0.25) is 0 Å². The van der Waals surface area contributed by atoms with E-state index < -0.39 is 28.8 Å². The van der Waals surface area contributed by atoms with Gasteiger partial charge in [0.05, 0.1) is 23.3 Å². The number of carbonyl (C=O) groups excluding carboxylic acids is 1. The van der Waals surface area contributed by atoms with Crippen LogP contribution in [0, 0.1) is 5.92 Å². The van der Waals surface area contributed by atoms with Crippen molar-refractivity contribution in [2.24, 2.45) is 5.92 Å². The molecule has 1 N–H and O–H groups in total. The second-order valence-corrected chi connectivity index (χ2v) is 8.92. The molecule has 11 heteroatoms. The normalized spacial score (nSPS) is 21.2. The molecular weight excluding hydrogens is 445 g/mol. The lowest BCUT2D eigenvalue weighted by Crippen LogP contribution is -2.39. The van der Waals surface area contributed by atoms with E-state index in [4.69, 9.17) is 9.15 Å². The molecular formula is C21H21F3N4O3S. The molecule has 0 radical (unpaired) electrons. The Morgan fingerprint density at radius 1 is 1.38 bits per heavy atom. The first-order valence-electron chi connectivity index (χ1n) is 10.4. The maximum atomic E-state index is 14.2. The lowest BCUT2D eigenvalue weighted by molar-refractivity contribution is -0.137.